The average Bonchev–Trinajstić information content (AvgIpc) is 3.13. The summed E-state index contributed by atoms with van der Waals surface area (Å²) in [6.07, 6.45) is 5.29. The van der Waals surface area contributed by atoms with Crippen molar-refractivity contribution < 1.29 is 9.53 Å². The largest absolute Gasteiger partial charge is 0.373 e. The minimum atomic E-state index is -0.0580. The number of ether oxygens (including phenoxy) is 1. The summed E-state index contributed by atoms with van der Waals surface area (Å²) in [5.41, 5.74) is 3.22. The summed E-state index contributed by atoms with van der Waals surface area (Å²) in [4.78, 5) is 16.5. The maximum absolute atomic E-state index is 12.4. The van der Waals surface area contributed by atoms with Crippen LogP contribution in [-0.4, -0.2) is 71.0 Å². The number of aromatic nitrogens is 2. The zero-order valence-electron chi connectivity index (χ0n) is 18.0. The molecule has 7 heteroatoms. The molecule has 2 amide bonds. The van der Waals surface area contributed by atoms with Gasteiger partial charge in [0.1, 0.15) is 0 Å². The van der Waals surface area contributed by atoms with Gasteiger partial charge in [-0.15, -0.1) is 0 Å². The molecule has 2 atom stereocenters. The Morgan fingerprint density at radius 3 is 2.72 bits per heavy atom. The second-order valence-electron chi connectivity index (χ2n) is 8.04. The Morgan fingerprint density at radius 1 is 1.28 bits per heavy atom. The molecule has 1 aliphatic rings. The van der Waals surface area contributed by atoms with E-state index in [0.717, 1.165) is 42.9 Å². The summed E-state index contributed by atoms with van der Waals surface area (Å²) in [5.74, 6) is 0. The summed E-state index contributed by atoms with van der Waals surface area (Å²) < 4.78 is 7.62. The van der Waals surface area contributed by atoms with Gasteiger partial charge in [-0.05, 0) is 38.8 Å². The van der Waals surface area contributed by atoms with Crippen LogP contribution in [0.5, 0.6) is 0 Å². The lowest BCUT2D eigenvalue weighted by Crippen LogP contribution is -2.46. The van der Waals surface area contributed by atoms with Gasteiger partial charge in [0.05, 0.1) is 30.6 Å². The predicted octanol–water partition coefficient (Wildman–Crippen LogP) is 2.82. The Morgan fingerprint density at radius 2 is 2.00 bits per heavy atom. The standard InChI is InChI=1S/C22H33N5O2/c1-17-8-5-6-9-21(17)27-16-20(12-24-27)15-25(4)22(28)23-10-7-11-26-13-18(2)29-19(3)14-26/h5-6,8-9,12,16,18-19H,7,10-11,13-15H2,1-4H3,(H,23,28)/t18-,19+. The quantitative estimate of drug-likeness (QED) is 0.728. The average molecular weight is 400 g/mol. The van der Waals surface area contributed by atoms with Gasteiger partial charge in [0.25, 0.3) is 0 Å². The molecule has 0 radical (unpaired) electrons. The van der Waals surface area contributed by atoms with Crippen LogP contribution in [0.2, 0.25) is 0 Å². The molecule has 1 fully saturated rings. The maximum atomic E-state index is 12.4. The highest BCUT2D eigenvalue weighted by Crippen LogP contribution is 2.14. The third-order valence-electron chi connectivity index (χ3n) is 5.19. The monoisotopic (exact) mass is 399 g/mol. The normalized spacial score (nSPS) is 19.9. The van der Waals surface area contributed by atoms with Crippen molar-refractivity contribution >= 4 is 6.03 Å². The second kappa shape index (κ2) is 9.89. The van der Waals surface area contributed by atoms with Crippen LogP contribution in [0.1, 0.15) is 31.4 Å². The molecule has 0 aliphatic carbocycles. The zero-order chi connectivity index (χ0) is 20.8. The fourth-order valence-electron chi connectivity index (χ4n) is 3.84. The molecule has 29 heavy (non-hydrogen) atoms. The number of aryl methyl sites for hydroxylation is 1. The fourth-order valence-corrected chi connectivity index (χ4v) is 3.84. The number of para-hydroxylation sites is 1. The van der Waals surface area contributed by atoms with E-state index in [1.54, 1.807) is 4.90 Å². The minimum absolute atomic E-state index is 0.0580. The maximum Gasteiger partial charge on any atom is 0.317 e. The molecule has 3 rings (SSSR count). The first kappa shape index (κ1) is 21.3. The van der Waals surface area contributed by atoms with Gasteiger partial charge in [0.2, 0.25) is 0 Å². The highest BCUT2D eigenvalue weighted by molar-refractivity contribution is 5.73. The first-order valence-corrected chi connectivity index (χ1v) is 10.4. The molecule has 1 aromatic heterocycles. The van der Waals surface area contributed by atoms with Crippen molar-refractivity contribution in [2.45, 2.75) is 45.9 Å². The van der Waals surface area contributed by atoms with E-state index < -0.39 is 0 Å². The number of morpholine rings is 1. The third kappa shape index (κ3) is 6.05. The molecule has 158 valence electrons. The zero-order valence-corrected chi connectivity index (χ0v) is 18.0. The molecule has 1 saturated heterocycles. The Kier molecular flexibility index (Phi) is 7.28. The van der Waals surface area contributed by atoms with Crippen LogP contribution < -0.4 is 5.32 Å². The lowest BCUT2D eigenvalue weighted by atomic mass is 10.2. The third-order valence-corrected chi connectivity index (χ3v) is 5.19. The number of nitrogens with zero attached hydrogens (tertiary/aromatic N) is 4. The highest BCUT2D eigenvalue weighted by Gasteiger charge is 2.21. The number of nitrogens with one attached hydrogen (secondary N) is 1. The highest BCUT2D eigenvalue weighted by atomic mass is 16.5. The summed E-state index contributed by atoms with van der Waals surface area (Å²) in [7, 11) is 1.81. The molecular weight excluding hydrogens is 366 g/mol. The molecule has 1 N–H and O–H groups in total. The number of amides is 2. The smallest absolute Gasteiger partial charge is 0.317 e. The van der Waals surface area contributed by atoms with E-state index in [-0.39, 0.29) is 18.2 Å². The van der Waals surface area contributed by atoms with E-state index >= 15 is 0 Å². The van der Waals surface area contributed by atoms with E-state index in [1.807, 2.05) is 42.3 Å². The fraction of sp³-hybridized carbons (Fsp3) is 0.545. The Bertz CT molecular complexity index is 796. The summed E-state index contributed by atoms with van der Waals surface area (Å²) >= 11 is 0. The van der Waals surface area contributed by atoms with Gasteiger partial charge in [-0.1, -0.05) is 18.2 Å². The Balaban J connectivity index is 1.41. The molecule has 1 aliphatic heterocycles. The van der Waals surface area contributed by atoms with Crippen molar-refractivity contribution in [3.63, 3.8) is 0 Å². The van der Waals surface area contributed by atoms with Crippen molar-refractivity contribution in [3.8, 4) is 5.69 Å². The number of benzene rings is 1. The van der Waals surface area contributed by atoms with Crippen LogP contribution in [0.3, 0.4) is 0 Å². The number of hydrogen-bond donors (Lipinski definition) is 1. The van der Waals surface area contributed by atoms with Gasteiger partial charge in [-0.25, -0.2) is 9.48 Å². The molecule has 1 aromatic carbocycles. The van der Waals surface area contributed by atoms with Crippen LogP contribution in [0.25, 0.3) is 5.69 Å². The Labute approximate surface area is 173 Å². The molecule has 2 aromatic rings. The Hall–Kier alpha value is -2.38. The molecule has 2 heterocycles. The molecule has 0 bridgehead atoms. The van der Waals surface area contributed by atoms with Gasteiger partial charge in [0, 0.05) is 45.0 Å². The molecule has 7 nitrogen and oxygen atoms in total. The van der Waals surface area contributed by atoms with E-state index in [1.165, 1.54) is 0 Å². The predicted molar refractivity (Wildman–Crippen MR) is 114 cm³/mol. The van der Waals surface area contributed by atoms with Crippen LogP contribution in [0.15, 0.2) is 36.7 Å². The number of hydrogen-bond acceptors (Lipinski definition) is 4. The number of rotatable bonds is 7. The van der Waals surface area contributed by atoms with Gasteiger partial charge in [-0.3, -0.25) is 4.90 Å². The van der Waals surface area contributed by atoms with Gasteiger partial charge < -0.3 is 15.0 Å². The van der Waals surface area contributed by atoms with E-state index in [4.69, 9.17) is 4.74 Å². The van der Waals surface area contributed by atoms with E-state index in [9.17, 15) is 4.79 Å². The van der Waals surface area contributed by atoms with Gasteiger partial charge in [0.15, 0.2) is 0 Å². The topological polar surface area (TPSA) is 62.6 Å². The van der Waals surface area contributed by atoms with Crippen molar-refractivity contribution in [3.05, 3.63) is 47.8 Å². The van der Waals surface area contributed by atoms with Crippen molar-refractivity contribution in [1.82, 2.24) is 24.9 Å². The van der Waals surface area contributed by atoms with E-state index in [2.05, 4.69) is 42.2 Å². The SMILES string of the molecule is Cc1ccccc1-n1cc(CN(C)C(=O)NCCCN2C[C@@H](C)O[C@@H](C)C2)cn1. The first-order chi connectivity index (χ1) is 13.9. The molecule has 0 spiro atoms. The van der Waals surface area contributed by atoms with Crippen LogP contribution in [0.4, 0.5) is 4.79 Å². The van der Waals surface area contributed by atoms with Gasteiger partial charge in [-0.2, -0.15) is 5.10 Å². The van der Waals surface area contributed by atoms with Crippen LogP contribution >= 0.6 is 0 Å². The van der Waals surface area contributed by atoms with E-state index in [0.29, 0.717) is 13.1 Å². The van der Waals surface area contributed by atoms with Crippen molar-refractivity contribution in [2.75, 3.05) is 33.2 Å². The van der Waals surface area contributed by atoms with Crippen molar-refractivity contribution in [1.29, 1.82) is 0 Å². The lowest BCUT2D eigenvalue weighted by Gasteiger charge is -2.35. The molecule has 0 unspecified atom stereocenters. The van der Waals surface area contributed by atoms with Crippen LogP contribution in [0, 0.1) is 6.92 Å². The second-order valence-corrected chi connectivity index (χ2v) is 8.04. The number of carbonyl (C=O) groups is 1. The summed E-state index contributed by atoms with van der Waals surface area (Å²) in [6.45, 7) is 10.4. The van der Waals surface area contributed by atoms with Crippen LogP contribution in [-0.2, 0) is 11.3 Å². The number of urea groups is 1. The van der Waals surface area contributed by atoms with Crippen molar-refractivity contribution in [2.24, 2.45) is 0 Å². The number of carbonyl (C=O) groups excluding carboxylic acids is 1. The summed E-state index contributed by atoms with van der Waals surface area (Å²) in [6, 6.07) is 8.06. The minimum Gasteiger partial charge on any atom is -0.373 e. The van der Waals surface area contributed by atoms with Gasteiger partial charge >= 0.3 is 6.03 Å². The molecular formula is C22H33N5O2. The first-order valence-electron chi connectivity index (χ1n) is 10.4. The molecule has 0 saturated carbocycles. The summed E-state index contributed by atoms with van der Waals surface area (Å²) in [5, 5.41) is 7.46. The lowest BCUT2D eigenvalue weighted by molar-refractivity contribution is -0.0679.